The third kappa shape index (κ3) is 3.21. The van der Waals surface area contributed by atoms with Crippen LogP contribution in [0.15, 0.2) is 18.2 Å². The second-order valence-electron chi connectivity index (χ2n) is 4.99. The van der Waals surface area contributed by atoms with Crippen LogP contribution < -0.4 is 5.32 Å². The molecule has 1 saturated carbocycles. The topological polar surface area (TPSA) is 92.5 Å². The molecule has 1 aromatic rings. The number of hydrogen-bond donors (Lipinski definition) is 2. The molecule has 0 radical (unpaired) electrons. The molecule has 0 saturated heterocycles. The average molecular weight is 264 g/mol. The molecule has 1 aromatic carbocycles. The highest BCUT2D eigenvalue weighted by Crippen LogP contribution is 2.36. The highest BCUT2D eigenvalue weighted by atomic mass is 16.6. The van der Waals surface area contributed by atoms with Gasteiger partial charge >= 0.3 is 5.97 Å². The lowest BCUT2D eigenvalue weighted by molar-refractivity contribution is -0.384. The molecule has 0 amide bonds. The van der Waals surface area contributed by atoms with E-state index in [2.05, 4.69) is 12.2 Å². The average Bonchev–Trinajstić information content (AvgIpc) is 3.19. The van der Waals surface area contributed by atoms with Crippen LogP contribution in [0.5, 0.6) is 0 Å². The number of benzene rings is 1. The lowest BCUT2D eigenvalue weighted by atomic mass is 10.1. The molecule has 1 aliphatic rings. The Kier molecular flexibility index (Phi) is 3.69. The third-order valence-electron chi connectivity index (χ3n) is 3.49. The molecule has 1 atom stereocenters. The number of nitro groups is 1. The first kappa shape index (κ1) is 13.3. The first-order valence-corrected chi connectivity index (χ1v) is 6.24. The van der Waals surface area contributed by atoms with Gasteiger partial charge in [0.15, 0.2) is 0 Å². The van der Waals surface area contributed by atoms with Gasteiger partial charge in [-0.25, -0.2) is 4.79 Å². The van der Waals surface area contributed by atoms with Crippen molar-refractivity contribution in [3.8, 4) is 0 Å². The van der Waals surface area contributed by atoms with Gasteiger partial charge in [-0.15, -0.1) is 0 Å². The van der Waals surface area contributed by atoms with Crippen LogP contribution >= 0.6 is 0 Å². The molecule has 102 valence electrons. The van der Waals surface area contributed by atoms with Crippen LogP contribution in [0.4, 0.5) is 11.4 Å². The molecular formula is C13H16N2O4. The van der Waals surface area contributed by atoms with Crippen molar-refractivity contribution in [1.82, 2.24) is 0 Å². The predicted octanol–water partition coefficient (Wildman–Crippen LogP) is 2.75. The van der Waals surface area contributed by atoms with Gasteiger partial charge in [-0.3, -0.25) is 10.1 Å². The summed E-state index contributed by atoms with van der Waals surface area (Å²) in [6.07, 6.45) is 2.42. The van der Waals surface area contributed by atoms with Crippen molar-refractivity contribution in [2.24, 2.45) is 11.8 Å². The largest absolute Gasteiger partial charge is 0.478 e. The number of nitro benzene ring substituents is 1. The van der Waals surface area contributed by atoms with Gasteiger partial charge in [0.2, 0.25) is 0 Å². The van der Waals surface area contributed by atoms with Crippen molar-refractivity contribution in [2.45, 2.75) is 19.8 Å². The van der Waals surface area contributed by atoms with E-state index in [1.165, 1.54) is 31.0 Å². The lowest BCUT2D eigenvalue weighted by Crippen LogP contribution is -2.15. The lowest BCUT2D eigenvalue weighted by Gasteiger charge is -2.14. The van der Waals surface area contributed by atoms with Gasteiger partial charge in [0.1, 0.15) is 0 Å². The van der Waals surface area contributed by atoms with Crippen molar-refractivity contribution >= 4 is 17.3 Å². The number of rotatable bonds is 6. The summed E-state index contributed by atoms with van der Waals surface area (Å²) in [6, 6.07) is 3.76. The first-order chi connectivity index (χ1) is 8.99. The maximum absolute atomic E-state index is 11.1. The van der Waals surface area contributed by atoms with E-state index in [4.69, 9.17) is 5.11 Å². The molecule has 1 fully saturated rings. The zero-order valence-corrected chi connectivity index (χ0v) is 10.6. The van der Waals surface area contributed by atoms with E-state index < -0.39 is 10.9 Å². The summed E-state index contributed by atoms with van der Waals surface area (Å²) < 4.78 is 0. The van der Waals surface area contributed by atoms with E-state index in [9.17, 15) is 14.9 Å². The number of nitrogens with one attached hydrogen (secondary N) is 1. The van der Waals surface area contributed by atoms with Gasteiger partial charge in [-0.1, -0.05) is 6.92 Å². The maximum Gasteiger partial charge on any atom is 0.337 e. The van der Waals surface area contributed by atoms with Crippen LogP contribution in [0.25, 0.3) is 0 Å². The molecule has 0 spiro atoms. The number of aromatic carboxylic acids is 1. The number of nitrogens with zero attached hydrogens (tertiary/aromatic N) is 1. The molecule has 0 heterocycles. The highest BCUT2D eigenvalue weighted by molar-refractivity contribution is 5.94. The Bertz CT molecular complexity index is 511. The van der Waals surface area contributed by atoms with Gasteiger partial charge < -0.3 is 10.4 Å². The molecule has 0 aliphatic heterocycles. The minimum Gasteiger partial charge on any atom is -0.478 e. The van der Waals surface area contributed by atoms with Crippen molar-refractivity contribution in [2.75, 3.05) is 11.9 Å². The molecule has 0 bridgehead atoms. The zero-order valence-electron chi connectivity index (χ0n) is 10.6. The fourth-order valence-corrected chi connectivity index (χ4v) is 2.08. The Morgan fingerprint density at radius 2 is 2.26 bits per heavy atom. The predicted molar refractivity (Wildman–Crippen MR) is 70.4 cm³/mol. The van der Waals surface area contributed by atoms with E-state index in [-0.39, 0.29) is 11.3 Å². The molecule has 1 unspecified atom stereocenters. The molecular weight excluding hydrogens is 248 g/mol. The van der Waals surface area contributed by atoms with Gasteiger partial charge in [0.25, 0.3) is 5.69 Å². The fraction of sp³-hybridized carbons (Fsp3) is 0.462. The molecule has 2 rings (SSSR count). The van der Waals surface area contributed by atoms with Crippen molar-refractivity contribution in [3.63, 3.8) is 0 Å². The van der Waals surface area contributed by atoms with Crippen LogP contribution in [-0.4, -0.2) is 22.5 Å². The number of hydrogen-bond acceptors (Lipinski definition) is 4. The molecule has 6 nitrogen and oxygen atoms in total. The second kappa shape index (κ2) is 5.26. The number of non-ortho nitro benzene ring substituents is 1. The van der Waals surface area contributed by atoms with Crippen LogP contribution in [0.1, 0.15) is 30.1 Å². The van der Waals surface area contributed by atoms with E-state index >= 15 is 0 Å². The molecule has 0 aromatic heterocycles. The SMILES string of the molecule is CC(CNc1cc([N+](=O)[O-])ccc1C(=O)O)C1CC1. The van der Waals surface area contributed by atoms with E-state index in [1.807, 2.05) is 0 Å². The summed E-state index contributed by atoms with van der Waals surface area (Å²) in [7, 11) is 0. The van der Waals surface area contributed by atoms with Gasteiger partial charge in [0, 0.05) is 18.7 Å². The minimum atomic E-state index is -1.09. The third-order valence-corrected chi connectivity index (χ3v) is 3.49. The smallest absolute Gasteiger partial charge is 0.337 e. The summed E-state index contributed by atoms with van der Waals surface area (Å²) in [6.45, 7) is 2.73. The Hall–Kier alpha value is -2.11. The van der Waals surface area contributed by atoms with Gasteiger partial charge in [-0.2, -0.15) is 0 Å². The van der Waals surface area contributed by atoms with Crippen LogP contribution in [0.3, 0.4) is 0 Å². The van der Waals surface area contributed by atoms with Crippen molar-refractivity contribution in [3.05, 3.63) is 33.9 Å². The summed E-state index contributed by atoms with van der Waals surface area (Å²) in [5.41, 5.74) is 0.273. The Morgan fingerprint density at radius 3 is 2.79 bits per heavy atom. The Morgan fingerprint density at radius 1 is 1.58 bits per heavy atom. The van der Waals surface area contributed by atoms with E-state index in [0.29, 0.717) is 24.1 Å². The Labute approximate surface area is 110 Å². The summed E-state index contributed by atoms with van der Waals surface area (Å²) in [5.74, 6) is 0.0526. The van der Waals surface area contributed by atoms with Crippen molar-refractivity contribution in [1.29, 1.82) is 0 Å². The zero-order chi connectivity index (χ0) is 14.0. The summed E-state index contributed by atoms with van der Waals surface area (Å²) in [4.78, 5) is 21.3. The van der Waals surface area contributed by atoms with Crippen LogP contribution in [-0.2, 0) is 0 Å². The molecule has 1 aliphatic carbocycles. The quantitative estimate of drug-likeness (QED) is 0.608. The number of carboxylic acid groups (broad SMARTS) is 1. The van der Waals surface area contributed by atoms with Crippen LogP contribution in [0, 0.1) is 22.0 Å². The summed E-state index contributed by atoms with van der Waals surface area (Å²) in [5, 5.41) is 22.8. The number of carboxylic acids is 1. The van der Waals surface area contributed by atoms with E-state index in [1.54, 1.807) is 0 Å². The summed E-state index contributed by atoms with van der Waals surface area (Å²) >= 11 is 0. The number of carbonyl (C=O) groups is 1. The minimum absolute atomic E-state index is 0.0635. The van der Waals surface area contributed by atoms with Crippen LogP contribution in [0.2, 0.25) is 0 Å². The number of anilines is 1. The van der Waals surface area contributed by atoms with Gasteiger partial charge in [0.05, 0.1) is 16.2 Å². The van der Waals surface area contributed by atoms with E-state index in [0.717, 1.165) is 0 Å². The Balaban J connectivity index is 2.16. The molecule has 19 heavy (non-hydrogen) atoms. The molecule has 6 heteroatoms. The standard InChI is InChI=1S/C13H16N2O4/c1-8(9-2-3-9)7-14-12-6-10(15(18)19)4-5-11(12)13(16)17/h4-6,8-9,14H,2-3,7H2,1H3,(H,16,17). The second-order valence-corrected chi connectivity index (χ2v) is 4.99. The molecule has 2 N–H and O–H groups in total. The van der Waals surface area contributed by atoms with Crippen molar-refractivity contribution < 1.29 is 14.8 Å². The maximum atomic E-state index is 11.1. The first-order valence-electron chi connectivity index (χ1n) is 6.24. The normalized spacial score (nSPS) is 15.8. The monoisotopic (exact) mass is 264 g/mol. The fourth-order valence-electron chi connectivity index (χ4n) is 2.08. The van der Waals surface area contributed by atoms with Gasteiger partial charge in [-0.05, 0) is 30.7 Å². The highest BCUT2D eigenvalue weighted by Gasteiger charge is 2.27.